The SMILES string of the molecule is CCCc1cc2c(=O)c(-c3ccc4c(c3)OCO4)c(C(F)(F)F)oc2c(C[NH+](C)C)c1O.[Cl-]. The number of phenolic OH excluding ortho intramolecular Hbond substituents is 1. The lowest BCUT2D eigenvalue weighted by Gasteiger charge is -2.18. The maximum Gasteiger partial charge on any atom is 0.450 e. The van der Waals surface area contributed by atoms with Crippen LogP contribution >= 0.6 is 0 Å². The number of rotatable bonds is 5. The largest absolute Gasteiger partial charge is 1.00 e. The number of hydrogen-bond acceptors (Lipinski definition) is 5. The Morgan fingerprint density at radius 2 is 1.82 bits per heavy atom. The molecule has 0 atom stereocenters. The molecule has 0 saturated heterocycles. The number of phenols is 1. The van der Waals surface area contributed by atoms with Gasteiger partial charge in [0.1, 0.15) is 12.3 Å². The van der Waals surface area contributed by atoms with Gasteiger partial charge >= 0.3 is 6.18 Å². The minimum absolute atomic E-state index is 0. The number of aryl methyl sites for hydroxylation is 1. The van der Waals surface area contributed by atoms with Crippen molar-refractivity contribution in [1.82, 2.24) is 0 Å². The van der Waals surface area contributed by atoms with Gasteiger partial charge in [-0.15, -0.1) is 0 Å². The molecule has 2 heterocycles. The second-order valence-corrected chi connectivity index (χ2v) is 8.07. The lowest BCUT2D eigenvalue weighted by Crippen LogP contribution is -3.04. The first-order chi connectivity index (χ1) is 15.1. The molecular formula is C23H23ClF3NO5. The molecule has 0 unspecified atom stereocenters. The van der Waals surface area contributed by atoms with E-state index in [2.05, 4.69) is 0 Å². The van der Waals surface area contributed by atoms with Crippen LogP contribution in [0.2, 0.25) is 0 Å². The molecule has 0 amide bonds. The number of alkyl halides is 3. The Hall–Kier alpha value is -2.91. The number of nitrogens with one attached hydrogen (secondary N) is 1. The maximum absolute atomic E-state index is 14.1. The standard InChI is InChI=1S/C23H22F3NO5.ClH/c1-4-5-13-8-14-20(29)18(12-6-7-16-17(9-12)31-11-30-16)22(23(24,25)26)32-21(14)15(19(13)28)10-27(2)3;/h6-9,28H,4-5,10-11H2,1-3H3;1H. The first-order valence-corrected chi connectivity index (χ1v) is 10.2. The van der Waals surface area contributed by atoms with Crippen LogP contribution in [0.25, 0.3) is 22.1 Å². The lowest BCUT2D eigenvalue weighted by atomic mass is 9.96. The number of hydrogen-bond donors (Lipinski definition) is 2. The van der Waals surface area contributed by atoms with Gasteiger partial charge in [0.15, 0.2) is 17.1 Å². The van der Waals surface area contributed by atoms with Gasteiger partial charge in [0.05, 0.1) is 30.6 Å². The first-order valence-electron chi connectivity index (χ1n) is 10.2. The molecule has 33 heavy (non-hydrogen) atoms. The highest BCUT2D eigenvalue weighted by atomic mass is 35.5. The minimum atomic E-state index is -4.93. The summed E-state index contributed by atoms with van der Waals surface area (Å²) in [6.45, 7) is 2.05. The molecule has 178 valence electrons. The summed E-state index contributed by atoms with van der Waals surface area (Å²) in [5.74, 6) is -0.901. The molecule has 0 aliphatic carbocycles. The van der Waals surface area contributed by atoms with Crippen molar-refractivity contribution in [3.8, 4) is 28.4 Å². The van der Waals surface area contributed by atoms with Crippen molar-refractivity contribution >= 4 is 11.0 Å². The average molecular weight is 486 g/mol. The van der Waals surface area contributed by atoms with E-state index in [0.717, 1.165) is 4.90 Å². The van der Waals surface area contributed by atoms with Crippen molar-refractivity contribution in [3.05, 3.63) is 51.4 Å². The number of quaternary nitrogens is 1. The van der Waals surface area contributed by atoms with Gasteiger partial charge in [0.25, 0.3) is 0 Å². The van der Waals surface area contributed by atoms with E-state index in [1.807, 2.05) is 6.92 Å². The Kier molecular flexibility index (Phi) is 6.85. The molecule has 0 saturated carbocycles. The average Bonchev–Trinajstić information content (AvgIpc) is 3.18. The monoisotopic (exact) mass is 485 g/mol. The number of ether oxygens (including phenoxy) is 2. The zero-order valence-electron chi connectivity index (χ0n) is 18.2. The van der Waals surface area contributed by atoms with Crippen molar-refractivity contribution in [2.24, 2.45) is 0 Å². The fourth-order valence-corrected chi connectivity index (χ4v) is 3.94. The molecule has 1 aliphatic rings. The van der Waals surface area contributed by atoms with Crippen molar-refractivity contribution < 1.29 is 49.5 Å². The van der Waals surface area contributed by atoms with Gasteiger partial charge in [0.2, 0.25) is 18.0 Å². The highest BCUT2D eigenvalue weighted by molar-refractivity contribution is 5.88. The second kappa shape index (κ2) is 9.15. The molecule has 2 aromatic carbocycles. The van der Waals surface area contributed by atoms with Crippen LogP contribution < -0.4 is 32.2 Å². The molecule has 6 nitrogen and oxygen atoms in total. The van der Waals surface area contributed by atoms with Gasteiger partial charge in [-0.3, -0.25) is 4.79 Å². The van der Waals surface area contributed by atoms with Crippen molar-refractivity contribution in [2.45, 2.75) is 32.5 Å². The van der Waals surface area contributed by atoms with Crippen LogP contribution in [0.15, 0.2) is 33.5 Å². The number of fused-ring (bicyclic) bond motifs is 2. The summed E-state index contributed by atoms with van der Waals surface area (Å²) < 4.78 is 58.0. The molecule has 4 rings (SSSR count). The summed E-state index contributed by atoms with van der Waals surface area (Å²) in [6, 6.07) is 5.61. The van der Waals surface area contributed by atoms with Gasteiger partial charge in [-0.1, -0.05) is 19.4 Å². The van der Waals surface area contributed by atoms with Crippen molar-refractivity contribution in [1.29, 1.82) is 0 Å². The van der Waals surface area contributed by atoms with Gasteiger partial charge in [0, 0.05) is 0 Å². The quantitative estimate of drug-likeness (QED) is 0.551. The van der Waals surface area contributed by atoms with Crippen LogP contribution in [0.5, 0.6) is 17.2 Å². The molecular weight excluding hydrogens is 463 g/mol. The number of aromatic hydroxyl groups is 1. The Morgan fingerprint density at radius 3 is 2.45 bits per heavy atom. The summed E-state index contributed by atoms with van der Waals surface area (Å²) in [5.41, 5.74) is -0.956. The van der Waals surface area contributed by atoms with Crippen molar-refractivity contribution in [2.75, 3.05) is 20.9 Å². The smallest absolute Gasteiger partial charge is 0.450 e. The van der Waals surface area contributed by atoms with Crippen LogP contribution in [0.1, 0.15) is 30.2 Å². The third kappa shape index (κ3) is 4.47. The molecule has 1 aromatic heterocycles. The lowest BCUT2D eigenvalue weighted by molar-refractivity contribution is -0.872. The third-order valence-electron chi connectivity index (χ3n) is 5.30. The van der Waals surface area contributed by atoms with E-state index in [0.29, 0.717) is 24.2 Å². The maximum atomic E-state index is 14.1. The highest BCUT2D eigenvalue weighted by Gasteiger charge is 2.40. The molecule has 3 aromatic rings. The van der Waals surface area contributed by atoms with Crippen LogP contribution in [0, 0.1) is 0 Å². The van der Waals surface area contributed by atoms with Crippen molar-refractivity contribution in [3.63, 3.8) is 0 Å². The fourth-order valence-electron chi connectivity index (χ4n) is 3.94. The molecule has 10 heteroatoms. The summed E-state index contributed by atoms with van der Waals surface area (Å²) in [4.78, 5) is 14.3. The van der Waals surface area contributed by atoms with E-state index < -0.39 is 22.9 Å². The van der Waals surface area contributed by atoms with Gasteiger partial charge in [-0.25, -0.2) is 0 Å². The predicted octanol–water partition coefficient (Wildman–Crippen LogP) is 0.514. The molecule has 0 spiro atoms. The molecule has 2 N–H and O–H groups in total. The zero-order chi connectivity index (χ0) is 23.2. The van der Waals surface area contributed by atoms with Crippen LogP contribution in [-0.4, -0.2) is 26.0 Å². The topological polar surface area (TPSA) is 73.3 Å². The Morgan fingerprint density at radius 1 is 1.12 bits per heavy atom. The van der Waals surface area contributed by atoms with Gasteiger partial charge < -0.3 is 36.3 Å². The summed E-state index contributed by atoms with van der Waals surface area (Å²) >= 11 is 0. The summed E-state index contributed by atoms with van der Waals surface area (Å²) in [6.07, 6.45) is -3.77. The van der Waals surface area contributed by atoms with E-state index in [1.165, 1.54) is 24.3 Å². The fraction of sp³-hybridized carbons (Fsp3) is 0.348. The Labute approximate surface area is 193 Å². The van der Waals surface area contributed by atoms with Crippen LogP contribution in [0.3, 0.4) is 0 Å². The zero-order valence-corrected chi connectivity index (χ0v) is 19.0. The van der Waals surface area contributed by atoms with E-state index in [1.54, 1.807) is 14.1 Å². The number of halogens is 4. The first kappa shape index (κ1) is 24.7. The van der Waals surface area contributed by atoms with E-state index >= 15 is 0 Å². The minimum Gasteiger partial charge on any atom is -1.00 e. The van der Waals surface area contributed by atoms with E-state index in [9.17, 15) is 23.1 Å². The predicted molar refractivity (Wildman–Crippen MR) is 111 cm³/mol. The second-order valence-electron chi connectivity index (χ2n) is 8.07. The third-order valence-corrected chi connectivity index (χ3v) is 5.30. The molecule has 1 aliphatic heterocycles. The number of benzene rings is 2. The van der Waals surface area contributed by atoms with Crippen LogP contribution in [-0.2, 0) is 19.1 Å². The Bertz CT molecular complexity index is 1250. The highest BCUT2D eigenvalue weighted by Crippen LogP contribution is 2.42. The summed E-state index contributed by atoms with van der Waals surface area (Å²) in [5, 5.41) is 10.8. The summed E-state index contributed by atoms with van der Waals surface area (Å²) in [7, 11) is 3.59. The normalized spacial score (nSPS) is 12.9. The molecule has 0 bridgehead atoms. The van der Waals surface area contributed by atoms with E-state index in [4.69, 9.17) is 13.9 Å². The molecule has 0 radical (unpaired) electrons. The van der Waals surface area contributed by atoms with E-state index in [-0.39, 0.29) is 59.3 Å². The molecule has 0 fully saturated rings. The van der Waals surface area contributed by atoms with Crippen LogP contribution in [0.4, 0.5) is 13.2 Å². The van der Waals surface area contributed by atoms with Gasteiger partial charge in [-0.2, -0.15) is 13.2 Å². The van der Waals surface area contributed by atoms with Gasteiger partial charge in [-0.05, 0) is 35.7 Å². The Balaban J connectivity index is 0.00000306.